The molecule has 0 aliphatic heterocycles. The van der Waals surface area contributed by atoms with E-state index in [2.05, 4.69) is 10.3 Å². The van der Waals surface area contributed by atoms with E-state index in [9.17, 15) is 19.5 Å². The van der Waals surface area contributed by atoms with Crippen molar-refractivity contribution in [3.63, 3.8) is 0 Å². The third kappa shape index (κ3) is 10.5. The monoisotopic (exact) mass is 514 g/mol. The molecule has 0 fully saturated rings. The first-order chi connectivity index (χ1) is 17.1. The molecule has 4 N–H and O–H groups in total. The largest absolute Gasteiger partial charge is 0.489 e. The summed E-state index contributed by atoms with van der Waals surface area (Å²) in [5, 5.41) is 12.1. The molecule has 37 heavy (non-hydrogen) atoms. The average molecular weight is 515 g/mol. The molecule has 11 heteroatoms. The van der Waals surface area contributed by atoms with E-state index in [0.717, 1.165) is 5.56 Å². The standard InChI is InChI=1S/C26H34N4O7/c1-25(2,3)36-22(31)28-21(29-23(32)37-26(4,5)6)30(24(33)34)15-17-11-13-19(14-12-17)35-16-18-9-7-8-10-20(18)27/h7-14H,15-16,27H2,1-6H3,(H,33,34)(H,28,29,31,32). The third-order valence-corrected chi connectivity index (χ3v) is 4.40. The van der Waals surface area contributed by atoms with Crippen LogP contribution in [0.1, 0.15) is 52.7 Å². The number of amides is 3. The van der Waals surface area contributed by atoms with Crippen molar-refractivity contribution in [2.45, 2.75) is 65.9 Å². The summed E-state index contributed by atoms with van der Waals surface area (Å²) >= 11 is 0. The number of rotatable bonds is 5. The lowest BCUT2D eigenvalue weighted by molar-refractivity contribution is 0.0555. The van der Waals surface area contributed by atoms with Crippen LogP contribution in [0.4, 0.5) is 20.1 Å². The first kappa shape index (κ1) is 29.0. The predicted octanol–water partition coefficient (Wildman–Crippen LogP) is 5.14. The maximum Gasteiger partial charge on any atom is 0.437 e. The molecule has 0 atom stereocenters. The van der Waals surface area contributed by atoms with Gasteiger partial charge in [0.25, 0.3) is 0 Å². The zero-order valence-electron chi connectivity index (χ0n) is 21.9. The summed E-state index contributed by atoms with van der Waals surface area (Å²) in [6.45, 7) is 9.84. The second kappa shape index (κ2) is 12.1. The number of nitrogens with one attached hydrogen (secondary N) is 1. The van der Waals surface area contributed by atoms with Crippen LogP contribution in [0.2, 0.25) is 0 Å². The average Bonchev–Trinajstić information content (AvgIpc) is 2.74. The van der Waals surface area contributed by atoms with Gasteiger partial charge in [-0.25, -0.2) is 19.3 Å². The van der Waals surface area contributed by atoms with Gasteiger partial charge in [-0.15, -0.1) is 4.99 Å². The molecule has 0 aliphatic carbocycles. The molecule has 0 saturated carbocycles. The van der Waals surface area contributed by atoms with E-state index in [4.69, 9.17) is 19.9 Å². The molecule has 0 heterocycles. The highest BCUT2D eigenvalue weighted by atomic mass is 16.6. The molecule has 0 unspecified atom stereocenters. The van der Waals surface area contributed by atoms with Crippen molar-refractivity contribution >= 4 is 29.9 Å². The van der Waals surface area contributed by atoms with Gasteiger partial charge in [0.15, 0.2) is 0 Å². The van der Waals surface area contributed by atoms with Gasteiger partial charge in [0.2, 0.25) is 5.96 Å². The van der Waals surface area contributed by atoms with Crippen LogP contribution in [0.5, 0.6) is 5.75 Å². The zero-order valence-corrected chi connectivity index (χ0v) is 21.9. The number of carbonyl (C=O) groups is 3. The lowest BCUT2D eigenvalue weighted by atomic mass is 10.2. The van der Waals surface area contributed by atoms with Crippen LogP contribution in [-0.2, 0) is 22.6 Å². The second-order valence-electron chi connectivity index (χ2n) is 10.0. The highest BCUT2D eigenvalue weighted by Gasteiger charge is 2.26. The van der Waals surface area contributed by atoms with Gasteiger partial charge in [-0.1, -0.05) is 30.3 Å². The fourth-order valence-corrected chi connectivity index (χ4v) is 2.86. The van der Waals surface area contributed by atoms with Gasteiger partial charge in [-0.2, -0.15) is 0 Å². The topological polar surface area (TPSA) is 153 Å². The SMILES string of the molecule is CC(C)(C)OC(=O)N=C(NC(=O)OC(C)(C)C)N(Cc1ccc(OCc2ccccc2N)cc1)C(=O)O. The Hall–Kier alpha value is -4.28. The Balaban J connectivity index is 2.22. The van der Waals surface area contributed by atoms with Gasteiger partial charge >= 0.3 is 18.3 Å². The van der Waals surface area contributed by atoms with Crippen LogP contribution in [0, 0.1) is 0 Å². The van der Waals surface area contributed by atoms with E-state index in [-0.39, 0.29) is 13.2 Å². The van der Waals surface area contributed by atoms with Gasteiger partial charge in [-0.05, 0) is 65.3 Å². The molecule has 0 radical (unpaired) electrons. The summed E-state index contributed by atoms with van der Waals surface area (Å²) in [7, 11) is 0. The number of hydrogen-bond donors (Lipinski definition) is 3. The van der Waals surface area contributed by atoms with E-state index >= 15 is 0 Å². The Bertz CT molecular complexity index is 1130. The van der Waals surface area contributed by atoms with Crippen molar-refractivity contribution in [1.82, 2.24) is 10.2 Å². The number of guanidine groups is 1. The normalized spacial score (nSPS) is 11.9. The number of carboxylic acid groups (broad SMARTS) is 1. The number of alkyl carbamates (subject to hydrolysis) is 1. The van der Waals surface area contributed by atoms with Gasteiger partial charge in [0.1, 0.15) is 23.6 Å². The van der Waals surface area contributed by atoms with E-state index < -0.39 is 35.4 Å². The van der Waals surface area contributed by atoms with E-state index in [0.29, 0.717) is 21.9 Å². The summed E-state index contributed by atoms with van der Waals surface area (Å²) < 4.78 is 16.1. The Kier molecular flexibility index (Phi) is 9.48. The minimum Gasteiger partial charge on any atom is -0.489 e. The Labute approximate surface area is 216 Å². The molecule has 200 valence electrons. The van der Waals surface area contributed by atoms with Crippen molar-refractivity contribution in [2.75, 3.05) is 5.73 Å². The Morgan fingerprint density at radius 3 is 2.08 bits per heavy atom. The molecule has 2 rings (SSSR count). The van der Waals surface area contributed by atoms with E-state index in [1.807, 2.05) is 18.2 Å². The summed E-state index contributed by atoms with van der Waals surface area (Å²) in [6, 6.07) is 14.0. The van der Waals surface area contributed by atoms with Gasteiger partial charge in [0.05, 0.1) is 6.54 Å². The van der Waals surface area contributed by atoms with Crippen molar-refractivity contribution in [3.05, 3.63) is 59.7 Å². The summed E-state index contributed by atoms with van der Waals surface area (Å²) in [4.78, 5) is 41.2. The number of nitrogen functional groups attached to an aromatic ring is 1. The molecule has 0 saturated heterocycles. The molecule has 0 aliphatic rings. The predicted molar refractivity (Wildman–Crippen MR) is 138 cm³/mol. The van der Waals surface area contributed by atoms with Crippen LogP contribution in [0.15, 0.2) is 53.5 Å². The first-order valence-corrected chi connectivity index (χ1v) is 11.5. The van der Waals surface area contributed by atoms with Crippen molar-refractivity contribution in [3.8, 4) is 5.75 Å². The quantitative estimate of drug-likeness (QED) is 0.281. The maximum atomic E-state index is 12.4. The van der Waals surface area contributed by atoms with Crippen LogP contribution < -0.4 is 15.8 Å². The Morgan fingerprint density at radius 2 is 1.54 bits per heavy atom. The molecule has 3 amide bonds. The number of hydrogen-bond acceptors (Lipinski definition) is 7. The molecule has 0 aromatic heterocycles. The summed E-state index contributed by atoms with van der Waals surface area (Å²) in [5.41, 5.74) is 6.17. The van der Waals surface area contributed by atoms with E-state index in [1.165, 1.54) is 0 Å². The molecule has 0 spiro atoms. The van der Waals surface area contributed by atoms with Crippen LogP contribution in [-0.4, -0.2) is 45.4 Å². The van der Waals surface area contributed by atoms with Crippen LogP contribution in [0.3, 0.4) is 0 Å². The number of benzene rings is 2. The lowest BCUT2D eigenvalue weighted by Gasteiger charge is -2.24. The van der Waals surface area contributed by atoms with Gasteiger partial charge in [0, 0.05) is 11.3 Å². The number of nitrogens with two attached hydrogens (primary N) is 1. The fourth-order valence-electron chi connectivity index (χ4n) is 2.86. The van der Waals surface area contributed by atoms with Crippen molar-refractivity contribution < 1.29 is 33.7 Å². The number of anilines is 1. The number of para-hydroxylation sites is 1. The lowest BCUT2D eigenvalue weighted by Crippen LogP contribution is -2.48. The first-order valence-electron chi connectivity index (χ1n) is 11.5. The smallest absolute Gasteiger partial charge is 0.437 e. The summed E-state index contributed by atoms with van der Waals surface area (Å²) in [6.07, 6.45) is -3.52. The maximum absolute atomic E-state index is 12.4. The number of ether oxygens (including phenoxy) is 3. The highest BCUT2D eigenvalue weighted by Crippen LogP contribution is 2.18. The van der Waals surface area contributed by atoms with Crippen LogP contribution >= 0.6 is 0 Å². The van der Waals surface area contributed by atoms with Crippen molar-refractivity contribution in [2.24, 2.45) is 4.99 Å². The number of aliphatic imine (C=N–C) groups is 1. The molecule has 0 bridgehead atoms. The molecular weight excluding hydrogens is 480 g/mol. The highest BCUT2D eigenvalue weighted by molar-refractivity contribution is 6.04. The molecule has 2 aromatic carbocycles. The molecular formula is C26H34N4O7. The number of nitrogens with zero attached hydrogens (tertiary/aromatic N) is 2. The van der Waals surface area contributed by atoms with E-state index in [1.54, 1.807) is 71.9 Å². The third-order valence-electron chi connectivity index (χ3n) is 4.40. The van der Waals surface area contributed by atoms with Crippen LogP contribution in [0.25, 0.3) is 0 Å². The molecule has 11 nitrogen and oxygen atoms in total. The molecule has 2 aromatic rings. The Morgan fingerprint density at radius 1 is 0.946 bits per heavy atom. The zero-order chi connectivity index (χ0) is 27.8. The fraction of sp³-hybridized carbons (Fsp3) is 0.385. The van der Waals surface area contributed by atoms with Crippen molar-refractivity contribution in [1.29, 1.82) is 0 Å². The minimum absolute atomic E-state index is 0.237. The number of carbonyl (C=O) groups excluding carboxylic acids is 2. The minimum atomic E-state index is -1.46. The summed E-state index contributed by atoms with van der Waals surface area (Å²) in [5.74, 6) is -0.0146. The van der Waals surface area contributed by atoms with Gasteiger partial charge < -0.3 is 25.1 Å². The second-order valence-corrected chi connectivity index (χ2v) is 10.0. The van der Waals surface area contributed by atoms with Gasteiger partial charge in [-0.3, -0.25) is 5.32 Å².